The minimum Gasteiger partial charge on any atom is -0.462 e. The van der Waals surface area contributed by atoms with Gasteiger partial charge >= 0.3 is 5.97 Å². The van der Waals surface area contributed by atoms with E-state index in [4.69, 9.17) is 23.7 Å². The minimum atomic E-state index is -0.119. The topological polar surface area (TPSA) is 63.2 Å². The Kier molecular flexibility index (Phi) is 4.94. The van der Waals surface area contributed by atoms with Crippen LogP contribution in [0.25, 0.3) is 0 Å². The maximum Gasteiger partial charge on any atom is 0.306 e. The molecule has 3 unspecified atom stereocenters. The molecule has 6 heteroatoms. The van der Waals surface area contributed by atoms with Gasteiger partial charge in [-0.1, -0.05) is 0 Å². The van der Waals surface area contributed by atoms with Crippen LogP contribution in [0.3, 0.4) is 0 Å². The van der Waals surface area contributed by atoms with E-state index < -0.39 is 0 Å². The highest BCUT2D eigenvalue weighted by Gasteiger charge is 2.50. The highest BCUT2D eigenvalue weighted by atomic mass is 16.7. The van der Waals surface area contributed by atoms with Crippen molar-refractivity contribution < 1.29 is 28.5 Å². The molecule has 0 aromatic rings. The number of hydrogen-bond acceptors (Lipinski definition) is 6. The van der Waals surface area contributed by atoms with Gasteiger partial charge in [0.15, 0.2) is 0 Å². The summed E-state index contributed by atoms with van der Waals surface area (Å²) in [6, 6.07) is 0. The number of fused-ring (bicyclic) bond motifs is 1. The van der Waals surface area contributed by atoms with Crippen molar-refractivity contribution in [3.63, 3.8) is 0 Å². The monoisotopic (exact) mass is 260 g/mol. The van der Waals surface area contributed by atoms with Gasteiger partial charge in [0.25, 0.3) is 0 Å². The second kappa shape index (κ2) is 6.47. The number of hydrogen-bond donors (Lipinski definition) is 0. The van der Waals surface area contributed by atoms with Crippen molar-refractivity contribution in [3.05, 3.63) is 0 Å². The van der Waals surface area contributed by atoms with Crippen LogP contribution in [0.2, 0.25) is 0 Å². The maximum absolute atomic E-state index is 11.3. The Hall–Kier alpha value is -0.690. The first kappa shape index (κ1) is 13.7. The lowest BCUT2D eigenvalue weighted by molar-refractivity contribution is -0.143. The summed E-state index contributed by atoms with van der Waals surface area (Å²) in [7, 11) is 3.17. The molecular weight excluding hydrogens is 240 g/mol. The molecule has 1 saturated carbocycles. The van der Waals surface area contributed by atoms with Crippen molar-refractivity contribution in [2.24, 2.45) is 11.8 Å². The number of methoxy groups -OCH3 is 2. The molecule has 1 aliphatic heterocycles. The zero-order valence-electron chi connectivity index (χ0n) is 10.8. The third-order valence-electron chi connectivity index (χ3n) is 3.57. The second-order valence-corrected chi connectivity index (χ2v) is 4.68. The van der Waals surface area contributed by atoms with Crippen LogP contribution in [0.1, 0.15) is 12.8 Å². The van der Waals surface area contributed by atoms with E-state index in [-0.39, 0.29) is 43.6 Å². The van der Waals surface area contributed by atoms with Gasteiger partial charge in [0, 0.05) is 32.5 Å². The summed E-state index contributed by atoms with van der Waals surface area (Å²) in [5, 5.41) is 0. The average molecular weight is 260 g/mol. The predicted octanol–water partition coefficient (Wildman–Crippen LogP) is 0.548. The fourth-order valence-electron chi connectivity index (χ4n) is 2.80. The Labute approximate surface area is 106 Å². The quantitative estimate of drug-likeness (QED) is 0.378. The first-order valence-electron chi connectivity index (χ1n) is 6.13. The molecule has 1 heterocycles. The van der Waals surface area contributed by atoms with E-state index >= 15 is 0 Å². The number of carbonyl (C=O) groups excluding carboxylic acids is 1. The van der Waals surface area contributed by atoms with E-state index in [1.807, 2.05) is 0 Å². The predicted molar refractivity (Wildman–Crippen MR) is 60.7 cm³/mol. The Bertz CT molecular complexity index is 282. The number of esters is 1. The van der Waals surface area contributed by atoms with Gasteiger partial charge in [0.1, 0.15) is 19.7 Å². The van der Waals surface area contributed by atoms with Crippen LogP contribution in [0, 0.1) is 11.8 Å². The second-order valence-electron chi connectivity index (χ2n) is 4.68. The van der Waals surface area contributed by atoms with E-state index in [0.29, 0.717) is 13.0 Å². The van der Waals surface area contributed by atoms with Crippen molar-refractivity contribution in [2.75, 3.05) is 34.4 Å². The highest BCUT2D eigenvalue weighted by molar-refractivity contribution is 5.72. The summed E-state index contributed by atoms with van der Waals surface area (Å²) in [5.74, 6) is 0.231. The van der Waals surface area contributed by atoms with Crippen molar-refractivity contribution in [1.82, 2.24) is 0 Å². The lowest BCUT2D eigenvalue weighted by atomic mass is 9.93. The maximum atomic E-state index is 11.3. The lowest BCUT2D eigenvalue weighted by Gasteiger charge is -2.22. The van der Waals surface area contributed by atoms with Gasteiger partial charge in [-0.05, 0) is 0 Å². The Morgan fingerprint density at radius 2 is 2.06 bits per heavy atom. The molecule has 0 bridgehead atoms. The van der Waals surface area contributed by atoms with Crippen LogP contribution in [-0.4, -0.2) is 52.6 Å². The van der Waals surface area contributed by atoms with Crippen molar-refractivity contribution in [2.45, 2.75) is 25.0 Å². The van der Waals surface area contributed by atoms with Crippen LogP contribution in [0.4, 0.5) is 0 Å². The van der Waals surface area contributed by atoms with Crippen molar-refractivity contribution in [3.8, 4) is 0 Å². The first-order chi connectivity index (χ1) is 8.76. The molecule has 104 valence electrons. The molecule has 18 heavy (non-hydrogen) atoms. The van der Waals surface area contributed by atoms with Crippen LogP contribution in [0.15, 0.2) is 0 Å². The molecule has 0 amide bonds. The third kappa shape index (κ3) is 3.00. The van der Waals surface area contributed by atoms with Gasteiger partial charge in [0.05, 0.1) is 19.1 Å². The fraction of sp³-hybridized carbons (Fsp3) is 0.917. The van der Waals surface area contributed by atoms with Crippen molar-refractivity contribution in [1.29, 1.82) is 0 Å². The Balaban J connectivity index is 1.91. The standard InChI is InChI=1S/C12H20O6/c1-14-6-16-5-9-8-3-12(13)18-11(8)4-10(9)17-7-15-2/h8-11H,3-7H2,1-2H3/t8?,9?,10?,11-/m1/s1. The molecule has 0 radical (unpaired) electrons. The molecule has 2 aliphatic rings. The molecule has 0 aromatic carbocycles. The van der Waals surface area contributed by atoms with E-state index in [2.05, 4.69) is 0 Å². The summed E-state index contributed by atoms with van der Waals surface area (Å²) < 4.78 is 26.1. The first-order valence-corrected chi connectivity index (χ1v) is 6.13. The summed E-state index contributed by atoms with van der Waals surface area (Å²) >= 11 is 0. The normalized spacial score (nSPS) is 34.7. The molecule has 4 atom stereocenters. The molecule has 1 saturated heterocycles. The molecular formula is C12H20O6. The van der Waals surface area contributed by atoms with Gasteiger partial charge in [-0.25, -0.2) is 0 Å². The summed E-state index contributed by atoms with van der Waals surface area (Å²) in [4.78, 5) is 11.3. The Morgan fingerprint density at radius 1 is 1.28 bits per heavy atom. The zero-order chi connectivity index (χ0) is 13.0. The van der Waals surface area contributed by atoms with Gasteiger partial charge in [-0.2, -0.15) is 0 Å². The van der Waals surface area contributed by atoms with E-state index in [9.17, 15) is 4.79 Å². The van der Waals surface area contributed by atoms with E-state index in [1.54, 1.807) is 14.2 Å². The van der Waals surface area contributed by atoms with Gasteiger partial charge < -0.3 is 23.7 Å². The van der Waals surface area contributed by atoms with Gasteiger partial charge in [-0.15, -0.1) is 0 Å². The van der Waals surface area contributed by atoms with Crippen LogP contribution in [0.5, 0.6) is 0 Å². The van der Waals surface area contributed by atoms with Crippen molar-refractivity contribution >= 4 is 5.97 Å². The highest BCUT2D eigenvalue weighted by Crippen LogP contribution is 2.42. The fourth-order valence-corrected chi connectivity index (χ4v) is 2.80. The van der Waals surface area contributed by atoms with Crippen LogP contribution in [-0.2, 0) is 28.5 Å². The molecule has 1 aliphatic carbocycles. The van der Waals surface area contributed by atoms with Crippen LogP contribution >= 0.6 is 0 Å². The van der Waals surface area contributed by atoms with Crippen LogP contribution < -0.4 is 0 Å². The lowest BCUT2D eigenvalue weighted by Crippen LogP contribution is -2.28. The largest absolute Gasteiger partial charge is 0.462 e. The summed E-state index contributed by atoms with van der Waals surface area (Å²) in [6.07, 6.45) is 1.17. The molecule has 2 fully saturated rings. The van der Waals surface area contributed by atoms with E-state index in [0.717, 1.165) is 6.42 Å². The number of ether oxygens (including phenoxy) is 5. The summed E-state index contributed by atoms with van der Waals surface area (Å²) in [6.45, 7) is 1.01. The molecule has 0 spiro atoms. The molecule has 6 nitrogen and oxygen atoms in total. The third-order valence-corrected chi connectivity index (χ3v) is 3.57. The zero-order valence-corrected chi connectivity index (χ0v) is 10.8. The number of rotatable bonds is 7. The SMILES string of the molecule is COCOCC1C(OCOC)C[C@H]2OC(=O)CC12. The molecule has 0 N–H and O–H groups in total. The van der Waals surface area contributed by atoms with E-state index in [1.165, 1.54) is 0 Å². The molecule has 2 rings (SSSR count). The minimum absolute atomic E-state index is 0.0184. The average Bonchev–Trinajstić information content (AvgIpc) is 2.84. The van der Waals surface area contributed by atoms with Gasteiger partial charge in [-0.3, -0.25) is 4.79 Å². The summed E-state index contributed by atoms with van der Waals surface area (Å²) in [5.41, 5.74) is 0. The smallest absolute Gasteiger partial charge is 0.306 e. The number of carbonyl (C=O) groups is 1. The van der Waals surface area contributed by atoms with Gasteiger partial charge in [0.2, 0.25) is 0 Å². The molecule has 0 aromatic heterocycles. The Morgan fingerprint density at radius 3 is 2.78 bits per heavy atom.